The van der Waals surface area contributed by atoms with E-state index in [9.17, 15) is 5.26 Å². The fraction of sp³-hybridized carbons (Fsp3) is 0.526. The van der Waals surface area contributed by atoms with E-state index in [1.54, 1.807) is 0 Å². The van der Waals surface area contributed by atoms with Crippen molar-refractivity contribution in [2.24, 2.45) is 0 Å². The Balaban J connectivity index is 1.56. The lowest BCUT2D eigenvalue weighted by atomic mass is 9.80. The van der Waals surface area contributed by atoms with E-state index in [0.29, 0.717) is 24.6 Å². The van der Waals surface area contributed by atoms with Crippen LogP contribution in [0.3, 0.4) is 0 Å². The lowest BCUT2D eigenvalue weighted by molar-refractivity contribution is 0.273. The van der Waals surface area contributed by atoms with E-state index in [2.05, 4.69) is 38.6 Å². The van der Waals surface area contributed by atoms with Crippen LogP contribution in [-0.4, -0.2) is 41.2 Å². The number of nitrogens with one attached hydrogen (secondary N) is 1. The van der Waals surface area contributed by atoms with Crippen LogP contribution in [-0.2, 0) is 12.0 Å². The Bertz CT molecular complexity index is 766. The quantitative estimate of drug-likeness (QED) is 0.923. The zero-order valence-electron chi connectivity index (χ0n) is 14.4. The molecule has 0 radical (unpaired) electrons. The molecule has 25 heavy (non-hydrogen) atoms. The van der Waals surface area contributed by atoms with Gasteiger partial charge in [0.2, 0.25) is 11.7 Å². The first-order valence-electron chi connectivity index (χ1n) is 9.07. The van der Waals surface area contributed by atoms with Gasteiger partial charge in [0, 0.05) is 12.1 Å². The molecule has 2 aromatic rings. The van der Waals surface area contributed by atoms with Crippen molar-refractivity contribution in [1.82, 2.24) is 20.4 Å². The van der Waals surface area contributed by atoms with Crippen LogP contribution >= 0.6 is 0 Å². The Morgan fingerprint density at radius 3 is 2.80 bits per heavy atom. The monoisotopic (exact) mass is 337 g/mol. The number of benzene rings is 1. The predicted molar refractivity (Wildman–Crippen MR) is 93.6 cm³/mol. The highest BCUT2D eigenvalue weighted by atomic mass is 16.5. The largest absolute Gasteiger partial charge is 0.337 e. The molecule has 0 atom stereocenters. The van der Waals surface area contributed by atoms with Crippen LogP contribution in [0.25, 0.3) is 11.4 Å². The molecule has 1 aromatic heterocycles. The molecule has 0 saturated carbocycles. The molecule has 6 nitrogen and oxygen atoms in total. The highest BCUT2D eigenvalue weighted by molar-refractivity contribution is 5.55. The minimum Gasteiger partial charge on any atom is -0.337 e. The van der Waals surface area contributed by atoms with Gasteiger partial charge in [-0.2, -0.15) is 10.2 Å². The second-order valence-electron chi connectivity index (χ2n) is 7.05. The average Bonchev–Trinajstić information content (AvgIpc) is 3.35. The summed E-state index contributed by atoms with van der Waals surface area (Å²) in [5.41, 5.74) is 1.57. The Morgan fingerprint density at radius 2 is 2.04 bits per heavy atom. The summed E-state index contributed by atoms with van der Waals surface area (Å²) in [5, 5.41) is 17.1. The summed E-state index contributed by atoms with van der Waals surface area (Å²) >= 11 is 0. The maximum atomic E-state index is 9.67. The molecule has 2 saturated heterocycles. The highest BCUT2D eigenvalue weighted by Gasteiger charge is 2.39. The van der Waals surface area contributed by atoms with Crippen LogP contribution in [0.5, 0.6) is 0 Å². The Morgan fingerprint density at radius 1 is 1.24 bits per heavy atom. The maximum Gasteiger partial charge on any atom is 0.247 e. The van der Waals surface area contributed by atoms with E-state index in [1.165, 1.54) is 31.5 Å². The zero-order chi connectivity index (χ0) is 17.1. The van der Waals surface area contributed by atoms with E-state index in [-0.39, 0.29) is 0 Å². The van der Waals surface area contributed by atoms with Crippen molar-refractivity contribution in [3.05, 3.63) is 35.7 Å². The molecule has 1 N–H and O–H groups in total. The topological polar surface area (TPSA) is 78.0 Å². The predicted octanol–water partition coefficient (Wildman–Crippen LogP) is 2.48. The standard InChI is InChI=1S/C19H23N5O/c20-14-19(6-8-21-9-7-19)18-22-17(23-25-18)16-5-3-4-15(12-16)13-24-10-1-2-11-24/h3-5,12,21H,1-2,6-11,13H2. The van der Waals surface area contributed by atoms with E-state index in [1.807, 2.05) is 12.1 Å². The normalized spacial score (nSPS) is 20.4. The van der Waals surface area contributed by atoms with Crippen LogP contribution in [0.2, 0.25) is 0 Å². The number of likely N-dealkylation sites (tertiary alicyclic amines) is 1. The maximum absolute atomic E-state index is 9.67. The molecule has 0 spiro atoms. The molecule has 3 heterocycles. The number of nitriles is 1. The molecular weight excluding hydrogens is 314 g/mol. The molecule has 2 aliphatic heterocycles. The van der Waals surface area contributed by atoms with Crippen molar-refractivity contribution >= 4 is 0 Å². The van der Waals surface area contributed by atoms with Crippen molar-refractivity contribution in [1.29, 1.82) is 5.26 Å². The minimum absolute atomic E-state index is 0.455. The fourth-order valence-corrected chi connectivity index (χ4v) is 3.77. The number of piperidine rings is 1. The van der Waals surface area contributed by atoms with Crippen molar-refractivity contribution in [2.75, 3.05) is 26.2 Å². The summed E-state index contributed by atoms with van der Waals surface area (Å²) in [7, 11) is 0. The van der Waals surface area contributed by atoms with Gasteiger partial charge in [-0.15, -0.1) is 0 Å². The van der Waals surface area contributed by atoms with E-state index in [0.717, 1.165) is 25.2 Å². The second-order valence-corrected chi connectivity index (χ2v) is 7.05. The van der Waals surface area contributed by atoms with E-state index < -0.39 is 5.41 Å². The molecule has 2 aliphatic rings. The van der Waals surface area contributed by atoms with Gasteiger partial charge in [0.15, 0.2) is 0 Å². The van der Waals surface area contributed by atoms with E-state index in [4.69, 9.17) is 4.52 Å². The lowest BCUT2D eigenvalue weighted by Gasteiger charge is -2.27. The van der Waals surface area contributed by atoms with Crippen LogP contribution in [0.1, 0.15) is 37.1 Å². The van der Waals surface area contributed by atoms with Gasteiger partial charge in [0.05, 0.1) is 6.07 Å². The third kappa shape index (κ3) is 3.30. The summed E-state index contributed by atoms with van der Waals surface area (Å²) in [6.45, 7) is 4.92. The van der Waals surface area contributed by atoms with Gasteiger partial charge >= 0.3 is 0 Å². The fourth-order valence-electron chi connectivity index (χ4n) is 3.77. The van der Waals surface area contributed by atoms with Crippen molar-refractivity contribution in [2.45, 2.75) is 37.6 Å². The summed E-state index contributed by atoms with van der Waals surface area (Å²) in [5.74, 6) is 1.03. The van der Waals surface area contributed by atoms with Crippen molar-refractivity contribution < 1.29 is 4.52 Å². The first-order valence-corrected chi connectivity index (χ1v) is 9.07. The molecule has 0 amide bonds. The van der Waals surface area contributed by atoms with Gasteiger partial charge in [0.1, 0.15) is 5.41 Å². The third-order valence-corrected chi connectivity index (χ3v) is 5.30. The molecular formula is C19H23N5O. The number of nitrogens with zero attached hydrogens (tertiary/aromatic N) is 4. The first kappa shape index (κ1) is 16.2. The minimum atomic E-state index is -0.649. The van der Waals surface area contributed by atoms with Gasteiger partial charge < -0.3 is 9.84 Å². The number of aromatic nitrogens is 2. The van der Waals surface area contributed by atoms with Crippen molar-refractivity contribution in [3.8, 4) is 17.5 Å². The molecule has 0 unspecified atom stereocenters. The Labute approximate surface area is 147 Å². The number of hydrogen-bond acceptors (Lipinski definition) is 6. The van der Waals surface area contributed by atoms with Gasteiger partial charge in [-0.25, -0.2) is 0 Å². The van der Waals surface area contributed by atoms with Crippen LogP contribution < -0.4 is 5.32 Å². The molecule has 1 aromatic carbocycles. The summed E-state index contributed by atoms with van der Waals surface area (Å²) in [6, 6.07) is 10.7. The van der Waals surface area contributed by atoms with Gasteiger partial charge in [-0.1, -0.05) is 23.4 Å². The van der Waals surface area contributed by atoms with Crippen LogP contribution in [0, 0.1) is 11.3 Å². The SMILES string of the molecule is N#CC1(c2nc(-c3cccc(CN4CCCC4)c3)no2)CCNCC1. The Hall–Kier alpha value is -2.23. The van der Waals surface area contributed by atoms with Gasteiger partial charge in [0.25, 0.3) is 0 Å². The lowest BCUT2D eigenvalue weighted by Crippen LogP contribution is -2.39. The molecule has 0 aliphatic carbocycles. The third-order valence-electron chi connectivity index (χ3n) is 5.30. The number of rotatable bonds is 4. The number of hydrogen-bond donors (Lipinski definition) is 1. The second kappa shape index (κ2) is 6.95. The van der Waals surface area contributed by atoms with E-state index >= 15 is 0 Å². The smallest absolute Gasteiger partial charge is 0.247 e. The van der Waals surface area contributed by atoms with Crippen LogP contribution in [0.15, 0.2) is 28.8 Å². The zero-order valence-corrected chi connectivity index (χ0v) is 14.4. The van der Waals surface area contributed by atoms with Crippen molar-refractivity contribution in [3.63, 3.8) is 0 Å². The summed E-state index contributed by atoms with van der Waals surface area (Å²) in [4.78, 5) is 7.05. The molecule has 6 heteroatoms. The summed E-state index contributed by atoms with van der Waals surface area (Å²) < 4.78 is 5.50. The van der Waals surface area contributed by atoms with Gasteiger partial charge in [-0.05, 0) is 63.5 Å². The van der Waals surface area contributed by atoms with Crippen LogP contribution in [0.4, 0.5) is 0 Å². The summed E-state index contributed by atoms with van der Waals surface area (Å²) in [6.07, 6.45) is 4.00. The highest BCUT2D eigenvalue weighted by Crippen LogP contribution is 2.33. The average molecular weight is 337 g/mol. The first-order chi connectivity index (χ1) is 12.3. The molecule has 4 rings (SSSR count). The Kier molecular flexibility index (Phi) is 4.51. The molecule has 130 valence electrons. The molecule has 0 bridgehead atoms. The van der Waals surface area contributed by atoms with Gasteiger partial charge in [-0.3, -0.25) is 4.90 Å². The molecule has 2 fully saturated rings.